The van der Waals surface area contributed by atoms with Crippen molar-refractivity contribution in [3.05, 3.63) is 35.4 Å². The van der Waals surface area contributed by atoms with Gasteiger partial charge in [-0.05, 0) is 12.1 Å². The minimum absolute atomic E-state index is 0. The number of carbonyl (C=O) groups is 2. The summed E-state index contributed by atoms with van der Waals surface area (Å²) in [7, 11) is 0. The molecule has 1 aromatic rings. The van der Waals surface area contributed by atoms with Gasteiger partial charge in [-0.25, -0.2) is 9.59 Å². The predicted octanol–water partition coefficient (Wildman–Crippen LogP) is 0.321. The number of benzene rings is 1. The summed E-state index contributed by atoms with van der Waals surface area (Å²) in [6.45, 7) is 0. The first-order valence-electron chi connectivity index (χ1n) is 3.18. The molecule has 14 heavy (non-hydrogen) atoms. The van der Waals surface area contributed by atoms with E-state index in [2.05, 4.69) is 0 Å². The second kappa shape index (κ2) is 8.01. The van der Waals surface area contributed by atoms with Crippen LogP contribution in [0.3, 0.4) is 0 Å². The first-order valence-corrected chi connectivity index (χ1v) is 3.18. The average Bonchev–Trinajstić information content (AvgIpc) is 2.04. The fourth-order valence-electron chi connectivity index (χ4n) is 0.856. The number of carboxylic acids is 2. The van der Waals surface area contributed by atoms with Crippen molar-refractivity contribution in [3.8, 4) is 0 Å². The van der Waals surface area contributed by atoms with Gasteiger partial charge in [-0.3, -0.25) is 0 Å². The maximum Gasteiger partial charge on any atom is 0.336 e. The maximum absolute atomic E-state index is 10.5. The topological polar surface area (TPSA) is 74.6 Å². The molecular formula is C8H6KNaO4. The van der Waals surface area contributed by atoms with Crippen LogP contribution in [0.4, 0.5) is 0 Å². The second-order valence-corrected chi connectivity index (χ2v) is 2.16. The van der Waals surface area contributed by atoms with Crippen molar-refractivity contribution in [1.29, 1.82) is 0 Å². The van der Waals surface area contributed by atoms with Crippen LogP contribution in [0.5, 0.6) is 0 Å². The molecule has 1 rings (SSSR count). The van der Waals surface area contributed by atoms with E-state index in [0.717, 1.165) is 0 Å². The van der Waals surface area contributed by atoms with Gasteiger partial charge in [0.25, 0.3) is 0 Å². The third-order valence-electron chi connectivity index (χ3n) is 1.39. The van der Waals surface area contributed by atoms with Gasteiger partial charge in [0.2, 0.25) is 0 Å². The van der Waals surface area contributed by atoms with Gasteiger partial charge in [0.1, 0.15) is 0 Å². The zero-order valence-electron chi connectivity index (χ0n) is 8.02. The van der Waals surface area contributed by atoms with E-state index in [9.17, 15) is 9.59 Å². The van der Waals surface area contributed by atoms with E-state index in [1.54, 1.807) is 0 Å². The van der Waals surface area contributed by atoms with Crippen LogP contribution in [-0.2, 0) is 0 Å². The molecule has 0 fully saturated rings. The number of carboxylic acid groups (broad SMARTS) is 2. The smallest absolute Gasteiger partial charge is 0.336 e. The molecule has 0 unspecified atom stereocenters. The van der Waals surface area contributed by atoms with E-state index in [0.29, 0.717) is 0 Å². The van der Waals surface area contributed by atoms with Crippen LogP contribution in [0.15, 0.2) is 24.3 Å². The Balaban J connectivity index is 0. The molecule has 2 N–H and O–H groups in total. The Hall–Kier alpha value is 0.796. The van der Waals surface area contributed by atoms with Gasteiger partial charge in [-0.1, -0.05) is 12.1 Å². The van der Waals surface area contributed by atoms with Crippen molar-refractivity contribution in [2.45, 2.75) is 0 Å². The molecule has 2 radical (unpaired) electrons. The van der Waals surface area contributed by atoms with Crippen LogP contribution < -0.4 is 0 Å². The number of hydrogen-bond donors (Lipinski definition) is 2. The molecule has 1 aromatic carbocycles. The Kier molecular flexibility index (Phi) is 9.84. The van der Waals surface area contributed by atoms with E-state index in [1.807, 2.05) is 0 Å². The first kappa shape index (κ1) is 17.2. The molecule has 4 nitrogen and oxygen atoms in total. The zero-order valence-corrected chi connectivity index (χ0v) is 13.1. The largest absolute Gasteiger partial charge is 0.478 e. The Morgan fingerprint density at radius 3 is 1.43 bits per heavy atom. The molecule has 0 bridgehead atoms. The molecule has 0 spiro atoms. The van der Waals surface area contributed by atoms with E-state index in [1.165, 1.54) is 24.3 Å². The Bertz CT molecular complexity index is 307. The van der Waals surface area contributed by atoms with Crippen LogP contribution in [0.1, 0.15) is 20.7 Å². The van der Waals surface area contributed by atoms with E-state index < -0.39 is 11.9 Å². The van der Waals surface area contributed by atoms with Crippen molar-refractivity contribution in [2.24, 2.45) is 0 Å². The average molecular weight is 228 g/mol. The molecule has 0 saturated heterocycles. The van der Waals surface area contributed by atoms with Gasteiger partial charge in [-0.15, -0.1) is 0 Å². The summed E-state index contributed by atoms with van der Waals surface area (Å²) in [4.78, 5) is 20.9. The van der Waals surface area contributed by atoms with Crippen LogP contribution in [0.25, 0.3) is 0 Å². The molecule has 0 saturated carbocycles. The van der Waals surface area contributed by atoms with Crippen LogP contribution in [-0.4, -0.2) is 103 Å². The Labute approximate surface area is 145 Å². The SMILES string of the molecule is O=C(O)c1ccccc1C(=O)O.[K].[Na]. The molecule has 0 heterocycles. The fourth-order valence-corrected chi connectivity index (χ4v) is 0.856. The summed E-state index contributed by atoms with van der Waals surface area (Å²) in [5.41, 5.74) is -0.380. The molecule has 0 amide bonds. The van der Waals surface area contributed by atoms with Crippen molar-refractivity contribution < 1.29 is 19.8 Å². The Morgan fingerprint density at radius 2 is 1.21 bits per heavy atom. The quantitative estimate of drug-likeness (QED) is 0.715. The minimum atomic E-state index is -1.23. The first-order chi connectivity index (χ1) is 5.63. The van der Waals surface area contributed by atoms with Gasteiger partial charge in [0.05, 0.1) is 11.1 Å². The van der Waals surface area contributed by atoms with E-state index in [-0.39, 0.29) is 92.1 Å². The van der Waals surface area contributed by atoms with Crippen molar-refractivity contribution in [2.75, 3.05) is 0 Å². The van der Waals surface area contributed by atoms with Gasteiger partial charge in [0.15, 0.2) is 0 Å². The van der Waals surface area contributed by atoms with Crippen LogP contribution in [0, 0.1) is 0 Å². The third kappa shape index (κ3) is 4.54. The molecule has 64 valence electrons. The van der Waals surface area contributed by atoms with Gasteiger partial charge >= 0.3 is 11.9 Å². The summed E-state index contributed by atoms with van der Waals surface area (Å²) in [6.07, 6.45) is 0. The molecular weight excluding hydrogens is 222 g/mol. The van der Waals surface area contributed by atoms with Crippen molar-refractivity contribution in [1.82, 2.24) is 0 Å². The molecule has 0 aliphatic rings. The monoisotopic (exact) mass is 228 g/mol. The zero-order chi connectivity index (χ0) is 9.14. The van der Waals surface area contributed by atoms with E-state index in [4.69, 9.17) is 10.2 Å². The fraction of sp³-hybridized carbons (Fsp3) is 0. The van der Waals surface area contributed by atoms with Gasteiger partial charge in [0, 0.05) is 80.9 Å². The van der Waals surface area contributed by atoms with Gasteiger partial charge < -0.3 is 10.2 Å². The number of aromatic carboxylic acids is 2. The van der Waals surface area contributed by atoms with Crippen LogP contribution in [0.2, 0.25) is 0 Å². The third-order valence-corrected chi connectivity index (χ3v) is 1.39. The molecule has 0 atom stereocenters. The molecule has 0 aromatic heterocycles. The van der Waals surface area contributed by atoms with Crippen molar-refractivity contribution in [3.63, 3.8) is 0 Å². The minimum Gasteiger partial charge on any atom is -0.478 e. The standard InChI is InChI=1S/C8H6O4.K.Na/c9-7(10)5-3-1-2-4-6(5)8(11)12;;/h1-4H,(H,9,10)(H,11,12);;. The number of rotatable bonds is 2. The van der Waals surface area contributed by atoms with Crippen molar-refractivity contribution >= 4 is 92.9 Å². The van der Waals surface area contributed by atoms with Crippen LogP contribution >= 0.6 is 0 Å². The molecule has 0 aliphatic carbocycles. The normalized spacial score (nSPS) is 8.00. The summed E-state index contributed by atoms with van der Waals surface area (Å²) in [5.74, 6) is -2.46. The maximum atomic E-state index is 10.5. The molecule has 0 aliphatic heterocycles. The second-order valence-electron chi connectivity index (χ2n) is 2.16. The Morgan fingerprint density at radius 1 is 0.929 bits per heavy atom. The predicted molar refractivity (Wildman–Crippen MR) is 51.9 cm³/mol. The molecule has 6 heteroatoms. The summed E-state index contributed by atoms with van der Waals surface area (Å²) in [6, 6.07) is 5.48. The summed E-state index contributed by atoms with van der Waals surface area (Å²) < 4.78 is 0. The summed E-state index contributed by atoms with van der Waals surface area (Å²) in [5, 5.41) is 17.1. The van der Waals surface area contributed by atoms with Gasteiger partial charge in [-0.2, -0.15) is 0 Å². The van der Waals surface area contributed by atoms with E-state index >= 15 is 0 Å². The summed E-state index contributed by atoms with van der Waals surface area (Å²) >= 11 is 0. The number of hydrogen-bond acceptors (Lipinski definition) is 2.